The molecule has 2 amide bonds. The molecule has 0 bridgehead atoms. The maximum Gasteiger partial charge on any atom is 0.242 e. The third-order valence-corrected chi connectivity index (χ3v) is 3.58. The average Bonchev–Trinajstić information content (AvgIpc) is 2.49. The Balaban J connectivity index is 0.00000484. The third-order valence-electron chi connectivity index (χ3n) is 3.58. The Bertz CT molecular complexity index is 500. The number of carbonyl (C=O) groups is 2. The van der Waals surface area contributed by atoms with E-state index in [-0.39, 0.29) is 36.2 Å². The Morgan fingerprint density at radius 1 is 1.22 bits per heavy atom. The molecule has 0 aliphatic rings. The molecule has 1 aromatic carbocycles. The molecule has 3 N–H and O–H groups in total. The summed E-state index contributed by atoms with van der Waals surface area (Å²) in [4.78, 5) is 25.9. The maximum atomic E-state index is 12.2. The van der Waals surface area contributed by atoms with Gasteiger partial charge in [0.1, 0.15) is 0 Å². The first-order valence-electron chi connectivity index (χ1n) is 7.60. The summed E-state index contributed by atoms with van der Waals surface area (Å²) in [6.45, 7) is 8.71. The largest absolute Gasteiger partial charge is 0.346 e. The molecule has 1 rings (SSSR count). The Hall–Kier alpha value is -1.59. The molecular weight excluding hydrogens is 314 g/mol. The van der Waals surface area contributed by atoms with Crippen LogP contribution in [0.3, 0.4) is 0 Å². The van der Waals surface area contributed by atoms with Gasteiger partial charge >= 0.3 is 0 Å². The molecule has 5 nitrogen and oxygen atoms in total. The summed E-state index contributed by atoms with van der Waals surface area (Å²) in [7, 11) is 0. The van der Waals surface area contributed by atoms with Crippen LogP contribution in [0.15, 0.2) is 30.3 Å². The highest BCUT2D eigenvalue weighted by Gasteiger charge is 2.27. The Kier molecular flexibility index (Phi) is 8.87. The third kappa shape index (κ3) is 7.01. The van der Waals surface area contributed by atoms with E-state index < -0.39 is 6.04 Å². The van der Waals surface area contributed by atoms with Crippen molar-refractivity contribution < 1.29 is 9.59 Å². The smallest absolute Gasteiger partial charge is 0.242 e. The zero-order chi connectivity index (χ0) is 16.8. The molecule has 0 heterocycles. The zero-order valence-electron chi connectivity index (χ0n) is 14.3. The number of nitrogens with two attached hydrogens (primary N) is 1. The summed E-state index contributed by atoms with van der Waals surface area (Å²) in [5.41, 5.74) is 6.61. The fraction of sp³-hybridized carbons (Fsp3) is 0.529. The second-order valence-electron chi connectivity index (χ2n) is 6.46. The number of likely N-dealkylation sites (N-methyl/N-ethyl adjacent to an activating group) is 1. The van der Waals surface area contributed by atoms with Gasteiger partial charge in [0.2, 0.25) is 11.8 Å². The van der Waals surface area contributed by atoms with Gasteiger partial charge in [0.15, 0.2) is 0 Å². The number of amides is 2. The average molecular weight is 342 g/mol. The van der Waals surface area contributed by atoms with Crippen molar-refractivity contribution in [1.29, 1.82) is 0 Å². The van der Waals surface area contributed by atoms with Crippen LogP contribution in [0.2, 0.25) is 0 Å². The van der Waals surface area contributed by atoms with E-state index in [0.29, 0.717) is 13.1 Å². The second-order valence-corrected chi connectivity index (χ2v) is 6.46. The van der Waals surface area contributed by atoms with Crippen LogP contribution in [-0.2, 0) is 16.1 Å². The zero-order valence-corrected chi connectivity index (χ0v) is 15.2. The molecular formula is C17H28ClN3O2. The van der Waals surface area contributed by atoms with Crippen molar-refractivity contribution in [3.63, 3.8) is 0 Å². The lowest BCUT2D eigenvalue weighted by Crippen LogP contribution is -2.51. The van der Waals surface area contributed by atoms with Gasteiger partial charge in [-0.15, -0.1) is 12.4 Å². The molecule has 23 heavy (non-hydrogen) atoms. The number of rotatable bonds is 6. The summed E-state index contributed by atoms with van der Waals surface area (Å²) in [5.74, 6) is -0.405. The van der Waals surface area contributed by atoms with Gasteiger partial charge in [-0.25, -0.2) is 0 Å². The van der Waals surface area contributed by atoms with Crippen LogP contribution in [0.25, 0.3) is 0 Å². The van der Waals surface area contributed by atoms with Crippen LogP contribution in [-0.4, -0.2) is 35.8 Å². The number of nitrogens with zero attached hydrogens (tertiary/aromatic N) is 1. The number of halogens is 1. The SMILES string of the molecule is CCN(Cc1ccccc1)C(=O)CNC(=O)[C@@H](N)C(C)(C)C.Cl. The van der Waals surface area contributed by atoms with E-state index >= 15 is 0 Å². The van der Waals surface area contributed by atoms with Crippen LogP contribution in [0, 0.1) is 5.41 Å². The highest BCUT2D eigenvalue weighted by Crippen LogP contribution is 2.17. The van der Waals surface area contributed by atoms with Crippen molar-refractivity contribution in [2.24, 2.45) is 11.1 Å². The molecule has 1 atom stereocenters. The molecule has 0 unspecified atom stereocenters. The summed E-state index contributed by atoms with van der Waals surface area (Å²) < 4.78 is 0. The van der Waals surface area contributed by atoms with Crippen molar-refractivity contribution in [3.8, 4) is 0 Å². The van der Waals surface area contributed by atoms with E-state index in [1.807, 2.05) is 58.0 Å². The number of nitrogens with one attached hydrogen (secondary N) is 1. The van der Waals surface area contributed by atoms with Crippen LogP contribution in [0.4, 0.5) is 0 Å². The minimum atomic E-state index is -0.635. The Morgan fingerprint density at radius 2 is 1.78 bits per heavy atom. The molecule has 130 valence electrons. The van der Waals surface area contributed by atoms with Crippen LogP contribution < -0.4 is 11.1 Å². The van der Waals surface area contributed by atoms with Crippen LogP contribution >= 0.6 is 12.4 Å². The molecule has 0 fully saturated rings. The first kappa shape index (κ1) is 21.4. The quantitative estimate of drug-likeness (QED) is 0.830. The van der Waals surface area contributed by atoms with Crippen molar-refractivity contribution in [2.45, 2.75) is 40.3 Å². The summed E-state index contributed by atoms with van der Waals surface area (Å²) in [5, 5.41) is 2.63. The minimum absolute atomic E-state index is 0. The number of carbonyl (C=O) groups excluding carboxylic acids is 2. The van der Waals surface area contributed by atoms with E-state index in [0.717, 1.165) is 5.56 Å². The lowest BCUT2D eigenvalue weighted by Gasteiger charge is -2.26. The normalized spacial score (nSPS) is 12.0. The second kappa shape index (κ2) is 9.53. The van der Waals surface area contributed by atoms with E-state index in [2.05, 4.69) is 5.32 Å². The van der Waals surface area contributed by atoms with E-state index in [1.165, 1.54) is 0 Å². The molecule has 0 aliphatic carbocycles. The van der Waals surface area contributed by atoms with Gasteiger partial charge in [0, 0.05) is 13.1 Å². The van der Waals surface area contributed by atoms with Crippen molar-refractivity contribution in [2.75, 3.05) is 13.1 Å². The fourth-order valence-corrected chi connectivity index (χ4v) is 1.96. The fourth-order valence-electron chi connectivity index (χ4n) is 1.96. The first-order valence-corrected chi connectivity index (χ1v) is 7.60. The molecule has 0 saturated carbocycles. The van der Waals surface area contributed by atoms with Gasteiger partial charge < -0.3 is 16.0 Å². The van der Waals surface area contributed by atoms with Crippen LogP contribution in [0.1, 0.15) is 33.3 Å². The maximum absolute atomic E-state index is 12.2. The van der Waals surface area contributed by atoms with Crippen molar-refractivity contribution >= 4 is 24.2 Å². The standard InChI is InChI=1S/C17H27N3O2.ClH/c1-5-20(12-13-9-7-6-8-10-13)14(21)11-19-16(22)15(18)17(2,3)4;/h6-10,15H,5,11-12,18H2,1-4H3,(H,19,22);1H/t15-;/m1./s1. The number of hydrogen-bond acceptors (Lipinski definition) is 3. The van der Waals surface area contributed by atoms with Gasteiger partial charge in [0.25, 0.3) is 0 Å². The number of benzene rings is 1. The van der Waals surface area contributed by atoms with Gasteiger partial charge in [-0.05, 0) is 17.9 Å². The van der Waals surface area contributed by atoms with Gasteiger partial charge in [-0.3, -0.25) is 9.59 Å². The monoisotopic (exact) mass is 341 g/mol. The van der Waals surface area contributed by atoms with Gasteiger partial charge in [0.05, 0.1) is 12.6 Å². The Morgan fingerprint density at radius 3 is 2.26 bits per heavy atom. The van der Waals surface area contributed by atoms with E-state index in [1.54, 1.807) is 4.90 Å². The van der Waals surface area contributed by atoms with Crippen LogP contribution in [0.5, 0.6) is 0 Å². The molecule has 0 spiro atoms. The highest BCUT2D eigenvalue weighted by atomic mass is 35.5. The van der Waals surface area contributed by atoms with Gasteiger partial charge in [-0.1, -0.05) is 51.1 Å². The molecule has 0 saturated heterocycles. The summed E-state index contributed by atoms with van der Waals surface area (Å²) >= 11 is 0. The van der Waals surface area contributed by atoms with Gasteiger partial charge in [-0.2, -0.15) is 0 Å². The minimum Gasteiger partial charge on any atom is -0.346 e. The predicted molar refractivity (Wildman–Crippen MR) is 95.2 cm³/mol. The van der Waals surface area contributed by atoms with E-state index in [4.69, 9.17) is 5.73 Å². The molecule has 0 radical (unpaired) electrons. The highest BCUT2D eigenvalue weighted by molar-refractivity contribution is 5.87. The van der Waals surface area contributed by atoms with Crippen molar-refractivity contribution in [1.82, 2.24) is 10.2 Å². The topological polar surface area (TPSA) is 75.4 Å². The molecule has 0 aromatic heterocycles. The molecule has 6 heteroatoms. The summed E-state index contributed by atoms with van der Waals surface area (Å²) in [6, 6.07) is 9.14. The molecule has 1 aromatic rings. The summed E-state index contributed by atoms with van der Waals surface area (Å²) in [6.07, 6.45) is 0. The lowest BCUT2D eigenvalue weighted by molar-refractivity contribution is -0.134. The van der Waals surface area contributed by atoms with E-state index in [9.17, 15) is 9.59 Å². The van der Waals surface area contributed by atoms with Crippen molar-refractivity contribution in [3.05, 3.63) is 35.9 Å². The lowest BCUT2D eigenvalue weighted by atomic mass is 9.87. The number of hydrogen-bond donors (Lipinski definition) is 2. The first-order chi connectivity index (χ1) is 10.3. The molecule has 0 aliphatic heterocycles. The Labute approximate surface area is 145 Å². The predicted octanol–water partition coefficient (Wildman–Crippen LogP) is 1.95.